The summed E-state index contributed by atoms with van der Waals surface area (Å²) in [5.41, 5.74) is 37.1. The molecule has 1 unspecified atom stereocenters. The summed E-state index contributed by atoms with van der Waals surface area (Å²) in [4.78, 5) is 157. The van der Waals surface area contributed by atoms with Crippen LogP contribution in [0.25, 0.3) is 0 Å². The molecule has 28 nitrogen and oxygen atoms in total. The highest BCUT2D eigenvalue weighted by atomic mass is 16.3. The van der Waals surface area contributed by atoms with E-state index in [-0.39, 0.29) is 75.6 Å². The molecule has 0 saturated carbocycles. The van der Waals surface area contributed by atoms with Gasteiger partial charge in [0.2, 0.25) is 65.0 Å². The maximum atomic E-state index is 14.9. The third-order valence-electron chi connectivity index (χ3n) is 18.6. The van der Waals surface area contributed by atoms with Gasteiger partial charge in [0.05, 0.1) is 0 Å². The zero-order chi connectivity index (χ0) is 77.8. The third-order valence-corrected chi connectivity index (χ3v) is 18.6. The van der Waals surface area contributed by atoms with Gasteiger partial charge in [-0.2, -0.15) is 0 Å². The molecule has 0 aliphatic carbocycles. The monoisotopic (exact) mass is 1470 g/mol. The lowest BCUT2D eigenvalue weighted by atomic mass is 9.96. The van der Waals surface area contributed by atoms with E-state index in [4.69, 9.17) is 34.4 Å². The summed E-state index contributed by atoms with van der Waals surface area (Å²) >= 11 is 0. The number of benzene rings is 3. The summed E-state index contributed by atoms with van der Waals surface area (Å²) < 4.78 is 0. The molecule has 0 aliphatic rings. The van der Waals surface area contributed by atoms with Crippen LogP contribution in [0.3, 0.4) is 0 Å². The first-order valence-corrected chi connectivity index (χ1v) is 37.9. The van der Waals surface area contributed by atoms with Gasteiger partial charge in [-0.25, -0.2) is 0 Å². The Morgan fingerprint density at radius 3 is 1.07 bits per heavy atom. The third kappa shape index (κ3) is 34.9. The van der Waals surface area contributed by atoms with Gasteiger partial charge in [-0.3, -0.25) is 52.7 Å². The molecule has 586 valence electrons. The lowest BCUT2D eigenvalue weighted by Crippen LogP contribution is -2.62. The van der Waals surface area contributed by atoms with Crippen LogP contribution >= 0.6 is 0 Å². The van der Waals surface area contributed by atoms with Crippen molar-refractivity contribution in [3.8, 4) is 5.75 Å². The number of amides is 11. The van der Waals surface area contributed by atoms with Crippen LogP contribution in [0.15, 0.2) is 84.9 Å². The minimum Gasteiger partial charge on any atom is -0.508 e. The van der Waals surface area contributed by atoms with Crippen molar-refractivity contribution >= 4 is 65.0 Å². The molecule has 0 heterocycles. The molecule has 3 aromatic carbocycles. The van der Waals surface area contributed by atoms with E-state index in [0.29, 0.717) is 101 Å². The number of unbranched alkanes of at least 4 members (excludes halogenated alkanes) is 6. The fraction of sp³-hybridized carbons (Fsp3) is 0.623. The molecular weight excluding hydrogens is 1340 g/mol. The van der Waals surface area contributed by atoms with Crippen molar-refractivity contribution in [1.82, 2.24) is 53.2 Å². The molecule has 0 spiro atoms. The minimum atomic E-state index is -1.39. The van der Waals surface area contributed by atoms with Gasteiger partial charge in [0, 0.05) is 31.7 Å². The molecular formula is C77H126N16O12. The Bertz CT molecular complexity index is 3110. The lowest BCUT2D eigenvalue weighted by Gasteiger charge is -2.31. The van der Waals surface area contributed by atoms with Gasteiger partial charge in [0.15, 0.2) is 0 Å². The number of phenols is 1. The van der Waals surface area contributed by atoms with Crippen LogP contribution in [0.4, 0.5) is 0 Å². The largest absolute Gasteiger partial charge is 0.508 e. The van der Waals surface area contributed by atoms with E-state index in [1.807, 2.05) is 0 Å². The highest BCUT2D eigenvalue weighted by Gasteiger charge is 2.38. The van der Waals surface area contributed by atoms with Crippen LogP contribution in [-0.2, 0) is 72.0 Å². The van der Waals surface area contributed by atoms with Gasteiger partial charge in [-0.1, -0.05) is 147 Å². The van der Waals surface area contributed by atoms with Crippen LogP contribution in [-0.4, -0.2) is 163 Å². The Labute approximate surface area is 621 Å². The van der Waals surface area contributed by atoms with Gasteiger partial charge in [0.25, 0.3) is 0 Å². The summed E-state index contributed by atoms with van der Waals surface area (Å²) in [6.07, 6.45) is 9.85. The molecule has 0 bridgehead atoms. The molecule has 0 radical (unpaired) electrons. The Kier molecular flexibility index (Phi) is 43.9. The van der Waals surface area contributed by atoms with Gasteiger partial charge in [0.1, 0.15) is 66.2 Å². The second-order valence-electron chi connectivity index (χ2n) is 28.3. The first-order chi connectivity index (χ1) is 50.2. The average Bonchev–Trinajstić information content (AvgIpc) is 0.846. The standard InChI is InChI=1S/C77H126N16O12/c1-8-10-31-55(82)32-17-18-37-64(95)84-58(34-20-24-43-79)69(97)86-59(35-21-25-44-80)70(98)88-62(48-54-38-40-56(94)41-39-54)74(102)93-67(51(7)9-2)77(105)87-60(36-22-26-45-81)71(99)91-65(49(3)4)75(103)90-63(47-53-29-15-12-16-30-53)73(101)92-66(50(5)6)76(104)89-61(46-52-27-13-11-14-28-52)72(100)85-57(68(83)96)33-19-23-42-78/h11-16,27-30,38-41,49-51,55,57-63,65-67,94H,8-10,17-26,31-37,42-48,78-82H2,1-7H3,(H2,83,96)(H,84,95)(H,85,100)(H,86,97)(H,87,105)(H,88,98)(H,89,104)(H,90,103)(H,91,99)(H,92,101)(H,93,102)/t51-,55?,57-,58-,59-,60-,61-,62-,63-,65-,66-,67-/m0/s1. The van der Waals surface area contributed by atoms with Crippen LogP contribution in [0, 0.1) is 17.8 Å². The summed E-state index contributed by atoms with van der Waals surface area (Å²) in [6, 6.07) is 11.2. The smallest absolute Gasteiger partial charge is 0.243 e. The maximum absolute atomic E-state index is 14.9. The minimum absolute atomic E-state index is 0.0132. The summed E-state index contributed by atoms with van der Waals surface area (Å²) in [7, 11) is 0. The summed E-state index contributed by atoms with van der Waals surface area (Å²) in [5.74, 6) is -9.54. The van der Waals surface area contributed by atoms with Crippen molar-refractivity contribution in [2.45, 2.75) is 263 Å². The van der Waals surface area contributed by atoms with Gasteiger partial charge in [-0.15, -0.1) is 0 Å². The number of carbonyl (C=O) groups excluding carboxylic acids is 11. The molecule has 0 saturated heterocycles. The summed E-state index contributed by atoms with van der Waals surface area (Å²) in [6.45, 7) is 13.7. The van der Waals surface area contributed by atoms with Gasteiger partial charge < -0.3 is 92.7 Å². The Morgan fingerprint density at radius 2 is 0.667 bits per heavy atom. The van der Waals surface area contributed by atoms with E-state index >= 15 is 0 Å². The zero-order valence-corrected chi connectivity index (χ0v) is 63.2. The number of aromatic hydroxyl groups is 1. The summed E-state index contributed by atoms with van der Waals surface area (Å²) in [5, 5.41) is 38.4. The fourth-order valence-corrected chi connectivity index (χ4v) is 12.0. The molecule has 12 atom stereocenters. The number of hydrogen-bond donors (Lipinski definition) is 17. The van der Waals surface area contributed by atoms with Crippen molar-refractivity contribution in [3.63, 3.8) is 0 Å². The number of nitrogens with one attached hydrogen (secondary N) is 10. The van der Waals surface area contributed by atoms with Crippen LogP contribution in [0.1, 0.15) is 194 Å². The molecule has 105 heavy (non-hydrogen) atoms. The predicted molar refractivity (Wildman–Crippen MR) is 407 cm³/mol. The second kappa shape index (κ2) is 50.8. The maximum Gasteiger partial charge on any atom is 0.243 e. The first kappa shape index (κ1) is 90.6. The molecule has 0 aromatic heterocycles. The Morgan fingerprint density at radius 1 is 0.352 bits per heavy atom. The molecule has 3 aromatic rings. The first-order valence-electron chi connectivity index (χ1n) is 37.9. The molecule has 0 aliphatic heterocycles. The number of carbonyl (C=O) groups is 11. The molecule has 28 heteroatoms. The van der Waals surface area contributed by atoms with Crippen molar-refractivity contribution in [2.24, 2.45) is 52.2 Å². The molecule has 11 amide bonds. The van der Waals surface area contributed by atoms with E-state index < -0.39 is 137 Å². The van der Waals surface area contributed by atoms with Crippen molar-refractivity contribution in [2.75, 3.05) is 26.2 Å². The average molecular weight is 1470 g/mol. The normalized spacial score (nSPS) is 14.8. The van der Waals surface area contributed by atoms with Gasteiger partial charge >= 0.3 is 0 Å². The number of hydrogen-bond acceptors (Lipinski definition) is 17. The highest BCUT2D eigenvalue weighted by Crippen LogP contribution is 2.18. The quantitative estimate of drug-likeness (QED) is 0.0361. The van der Waals surface area contributed by atoms with Crippen LogP contribution in [0.5, 0.6) is 5.75 Å². The molecule has 23 N–H and O–H groups in total. The predicted octanol–water partition coefficient (Wildman–Crippen LogP) is 2.71. The number of nitrogens with two attached hydrogens (primary N) is 6. The Hall–Kier alpha value is -8.57. The lowest BCUT2D eigenvalue weighted by molar-refractivity contribution is -0.137. The number of rotatable bonds is 54. The molecule has 0 fully saturated rings. The van der Waals surface area contributed by atoms with E-state index in [1.54, 1.807) is 114 Å². The Balaban J connectivity index is 1.97. The van der Waals surface area contributed by atoms with E-state index in [1.165, 1.54) is 12.1 Å². The number of phenolic OH excluding ortho intramolecular Hbond substituents is 1. The van der Waals surface area contributed by atoms with Crippen molar-refractivity contribution in [3.05, 3.63) is 102 Å². The SMILES string of the molecule is CCCCC(N)CCCCC(=O)N[C@@H](CCCCN)C(=O)N[C@@H](CCCCN)C(=O)N[C@@H](Cc1ccc(O)cc1)C(=O)N[C@H](C(=O)N[C@@H](CCCCN)C(=O)N[C@H](C(=O)N[C@@H](Cc1ccccc1)C(=O)N[C@H](C(=O)N[C@@H](Cc1ccccc1)C(=O)N[C@@H](CCCCN)C(N)=O)C(C)C)C(C)C)[C@@H](C)CC. The number of primary amides is 1. The van der Waals surface area contributed by atoms with Crippen molar-refractivity contribution in [1.29, 1.82) is 0 Å². The van der Waals surface area contributed by atoms with Crippen LogP contribution in [0.2, 0.25) is 0 Å². The van der Waals surface area contributed by atoms with Crippen molar-refractivity contribution < 1.29 is 57.8 Å². The van der Waals surface area contributed by atoms with E-state index in [0.717, 1.165) is 32.1 Å². The highest BCUT2D eigenvalue weighted by molar-refractivity contribution is 5.99. The molecule has 3 rings (SSSR count). The van der Waals surface area contributed by atoms with E-state index in [2.05, 4.69) is 60.1 Å². The topological polar surface area (TPSA) is 484 Å². The van der Waals surface area contributed by atoms with Crippen LogP contribution < -0.4 is 87.6 Å². The van der Waals surface area contributed by atoms with E-state index in [9.17, 15) is 57.8 Å². The second-order valence-corrected chi connectivity index (χ2v) is 28.3. The fourth-order valence-electron chi connectivity index (χ4n) is 12.0. The zero-order valence-electron chi connectivity index (χ0n) is 63.2. The van der Waals surface area contributed by atoms with Gasteiger partial charge in [-0.05, 0) is 169 Å².